The van der Waals surface area contributed by atoms with Crippen molar-refractivity contribution < 1.29 is 13.5 Å². The third-order valence-corrected chi connectivity index (χ3v) is 5.04. The van der Waals surface area contributed by atoms with Crippen molar-refractivity contribution in [1.82, 2.24) is 4.72 Å². The second-order valence-corrected chi connectivity index (χ2v) is 7.08. The molecule has 0 heterocycles. The second kappa shape index (κ2) is 6.57. The SMILES string of the molecule is Nc1ccc(S(=O)(=O)NCC(O)c2ccccc2)cc1Br. The number of halogens is 1. The van der Waals surface area contributed by atoms with Crippen molar-refractivity contribution >= 4 is 31.6 Å². The van der Waals surface area contributed by atoms with Gasteiger partial charge in [-0.3, -0.25) is 0 Å². The number of sulfonamides is 1. The van der Waals surface area contributed by atoms with E-state index in [0.29, 0.717) is 15.7 Å². The molecule has 0 bridgehead atoms. The summed E-state index contributed by atoms with van der Waals surface area (Å²) in [6, 6.07) is 13.2. The molecule has 7 heteroatoms. The number of nitrogens with two attached hydrogens (primary N) is 1. The summed E-state index contributed by atoms with van der Waals surface area (Å²) in [5.74, 6) is 0. The standard InChI is InChI=1S/C14H15BrN2O3S/c15-12-8-11(6-7-13(12)16)21(19,20)17-9-14(18)10-4-2-1-3-5-10/h1-8,14,17-18H,9,16H2. The lowest BCUT2D eigenvalue weighted by molar-refractivity contribution is 0.182. The quantitative estimate of drug-likeness (QED) is 0.702. The van der Waals surface area contributed by atoms with Crippen molar-refractivity contribution in [2.24, 2.45) is 0 Å². The highest BCUT2D eigenvalue weighted by molar-refractivity contribution is 9.10. The van der Waals surface area contributed by atoms with Gasteiger partial charge in [0.25, 0.3) is 0 Å². The van der Waals surface area contributed by atoms with Crippen molar-refractivity contribution in [3.05, 3.63) is 58.6 Å². The van der Waals surface area contributed by atoms with Gasteiger partial charge < -0.3 is 10.8 Å². The van der Waals surface area contributed by atoms with Crippen molar-refractivity contribution in [3.8, 4) is 0 Å². The number of nitrogen functional groups attached to an aromatic ring is 1. The summed E-state index contributed by atoms with van der Waals surface area (Å²) in [7, 11) is -3.70. The summed E-state index contributed by atoms with van der Waals surface area (Å²) in [6.45, 7) is -0.103. The Morgan fingerprint density at radius 3 is 2.48 bits per heavy atom. The second-order valence-electron chi connectivity index (χ2n) is 4.46. The first-order valence-corrected chi connectivity index (χ1v) is 8.45. The van der Waals surface area contributed by atoms with Crippen LogP contribution in [-0.2, 0) is 10.0 Å². The maximum atomic E-state index is 12.1. The lowest BCUT2D eigenvalue weighted by Crippen LogP contribution is -2.28. The number of hydrogen-bond donors (Lipinski definition) is 3. The molecule has 21 heavy (non-hydrogen) atoms. The lowest BCUT2D eigenvalue weighted by Gasteiger charge is -2.13. The van der Waals surface area contributed by atoms with Crippen molar-refractivity contribution in [1.29, 1.82) is 0 Å². The maximum Gasteiger partial charge on any atom is 0.240 e. The van der Waals surface area contributed by atoms with Crippen LogP contribution in [0.4, 0.5) is 5.69 Å². The average Bonchev–Trinajstić information content (AvgIpc) is 2.48. The van der Waals surface area contributed by atoms with Crippen LogP contribution in [0.1, 0.15) is 11.7 Å². The lowest BCUT2D eigenvalue weighted by atomic mass is 10.1. The van der Waals surface area contributed by atoms with Crippen LogP contribution >= 0.6 is 15.9 Å². The number of aliphatic hydroxyl groups excluding tert-OH is 1. The van der Waals surface area contributed by atoms with Gasteiger partial charge in [0.05, 0.1) is 11.0 Å². The molecule has 0 saturated heterocycles. The third kappa shape index (κ3) is 4.04. The molecule has 0 aromatic heterocycles. The van der Waals surface area contributed by atoms with E-state index in [1.807, 2.05) is 6.07 Å². The predicted molar refractivity (Wildman–Crippen MR) is 85.1 cm³/mol. The van der Waals surface area contributed by atoms with E-state index in [9.17, 15) is 13.5 Å². The summed E-state index contributed by atoms with van der Waals surface area (Å²) in [5, 5.41) is 9.97. The molecule has 0 spiro atoms. The number of hydrogen-bond acceptors (Lipinski definition) is 4. The van der Waals surface area contributed by atoms with E-state index in [1.165, 1.54) is 18.2 Å². The number of anilines is 1. The zero-order valence-electron chi connectivity index (χ0n) is 11.0. The van der Waals surface area contributed by atoms with E-state index in [1.54, 1.807) is 24.3 Å². The summed E-state index contributed by atoms with van der Waals surface area (Å²) in [5.41, 5.74) is 6.74. The van der Waals surface area contributed by atoms with Gasteiger partial charge in [-0.1, -0.05) is 30.3 Å². The molecule has 0 aliphatic heterocycles. The smallest absolute Gasteiger partial charge is 0.240 e. The third-order valence-electron chi connectivity index (χ3n) is 2.93. The summed E-state index contributed by atoms with van der Waals surface area (Å²) in [4.78, 5) is 0.0869. The van der Waals surface area contributed by atoms with E-state index in [-0.39, 0.29) is 11.4 Å². The van der Waals surface area contributed by atoms with Crippen LogP contribution in [0.25, 0.3) is 0 Å². The van der Waals surface area contributed by atoms with E-state index in [0.717, 1.165) is 0 Å². The average molecular weight is 371 g/mol. The van der Waals surface area contributed by atoms with Crippen LogP contribution in [0.5, 0.6) is 0 Å². The molecule has 1 unspecified atom stereocenters. The van der Waals surface area contributed by atoms with E-state index < -0.39 is 16.1 Å². The van der Waals surface area contributed by atoms with Gasteiger partial charge >= 0.3 is 0 Å². The van der Waals surface area contributed by atoms with Gasteiger partial charge in [-0.15, -0.1) is 0 Å². The van der Waals surface area contributed by atoms with Gasteiger partial charge in [-0.2, -0.15) is 0 Å². The summed E-state index contributed by atoms with van der Waals surface area (Å²) >= 11 is 3.19. The summed E-state index contributed by atoms with van der Waals surface area (Å²) < 4.78 is 27.2. The van der Waals surface area contributed by atoms with E-state index in [2.05, 4.69) is 20.7 Å². The summed E-state index contributed by atoms with van der Waals surface area (Å²) in [6.07, 6.45) is -0.904. The van der Waals surface area contributed by atoms with Gasteiger partial charge in [0.15, 0.2) is 0 Å². The minimum atomic E-state index is -3.70. The van der Waals surface area contributed by atoms with Gasteiger partial charge in [0.1, 0.15) is 0 Å². The van der Waals surface area contributed by atoms with Crippen LogP contribution in [-0.4, -0.2) is 20.1 Å². The first-order valence-electron chi connectivity index (χ1n) is 6.18. The molecule has 0 aliphatic carbocycles. The minimum absolute atomic E-state index is 0.0869. The molecule has 112 valence electrons. The highest BCUT2D eigenvalue weighted by Crippen LogP contribution is 2.23. The normalized spacial score (nSPS) is 13.0. The van der Waals surface area contributed by atoms with Crippen LogP contribution in [0, 0.1) is 0 Å². The highest BCUT2D eigenvalue weighted by atomic mass is 79.9. The molecule has 2 rings (SSSR count). The Morgan fingerprint density at radius 1 is 1.19 bits per heavy atom. The Morgan fingerprint density at radius 2 is 1.86 bits per heavy atom. The fraction of sp³-hybridized carbons (Fsp3) is 0.143. The van der Waals surface area contributed by atoms with E-state index in [4.69, 9.17) is 5.73 Å². The van der Waals surface area contributed by atoms with Crippen molar-refractivity contribution in [2.45, 2.75) is 11.0 Å². The molecule has 2 aromatic carbocycles. The Labute approximate surface area is 132 Å². The van der Waals surface area contributed by atoms with Gasteiger partial charge in [-0.25, -0.2) is 13.1 Å². The molecular weight excluding hydrogens is 356 g/mol. The molecule has 2 aromatic rings. The predicted octanol–water partition coefficient (Wildman–Crippen LogP) is 2.04. The minimum Gasteiger partial charge on any atom is -0.398 e. The Balaban J connectivity index is 2.09. The topological polar surface area (TPSA) is 92.4 Å². The molecule has 0 fully saturated rings. The number of aliphatic hydroxyl groups is 1. The fourth-order valence-corrected chi connectivity index (χ4v) is 3.33. The van der Waals surface area contributed by atoms with Crippen LogP contribution in [0.15, 0.2) is 57.9 Å². The van der Waals surface area contributed by atoms with Crippen molar-refractivity contribution in [3.63, 3.8) is 0 Å². The van der Waals surface area contributed by atoms with Crippen molar-refractivity contribution in [2.75, 3.05) is 12.3 Å². The zero-order valence-corrected chi connectivity index (χ0v) is 13.4. The Hall–Kier alpha value is -1.41. The Kier molecular flexibility index (Phi) is 5.00. The molecule has 4 N–H and O–H groups in total. The molecule has 0 aliphatic rings. The zero-order chi connectivity index (χ0) is 15.5. The number of rotatable bonds is 5. The molecule has 5 nitrogen and oxygen atoms in total. The monoisotopic (exact) mass is 370 g/mol. The van der Waals surface area contributed by atoms with E-state index >= 15 is 0 Å². The number of nitrogens with one attached hydrogen (secondary N) is 1. The molecule has 0 radical (unpaired) electrons. The van der Waals surface area contributed by atoms with Gasteiger partial charge in [0, 0.05) is 16.7 Å². The largest absolute Gasteiger partial charge is 0.398 e. The highest BCUT2D eigenvalue weighted by Gasteiger charge is 2.17. The van der Waals surface area contributed by atoms with Gasteiger partial charge in [0.2, 0.25) is 10.0 Å². The van der Waals surface area contributed by atoms with Crippen LogP contribution < -0.4 is 10.5 Å². The maximum absolute atomic E-state index is 12.1. The first-order chi connectivity index (χ1) is 9.90. The van der Waals surface area contributed by atoms with Crippen LogP contribution in [0.3, 0.4) is 0 Å². The molecule has 0 amide bonds. The fourth-order valence-electron chi connectivity index (χ4n) is 1.74. The van der Waals surface area contributed by atoms with Crippen LogP contribution in [0.2, 0.25) is 0 Å². The first kappa shape index (κ1) is 16.0. The molecule has 1 atom stereocenters. The molecule has 0 saturated carbocycles. The van der Waals surface area contributed by atoms with Gasteiger partial charge in [-0.05, 0) is 39.7 Å². The number of benzene rings is 2. The molecular formula is C14H15BrN2O3S. The Bertz CT molecular complexity index is 720.